The number of ether oxygens (including phenoxy) is 1. The highest BCUT2D eigenvalue weighted by Crippen LogP contribution is 2.29. The molecule has 0 unspecified atom stereocenters. The average Bonchev–Trinajstić information content (AvgIpc) is 2.91. The highest BCUT2D eigenvalue weighted by atomic mass is 79.9. The first-order valence-corrected chi connectivity index (χ1v) is 10.5. The normalized spacial score (nSPS) is 15.7. The van der Waals surface area contributed by atoms with E-state index in [-0.39, 0.29) is 22.9 Å². The summed E-state index contributed by atoms with van der Waals surface area (Å²) in [6.45, 7) is 8.11. The molecule has 0 atom stereocenters. The number of nitrogens with zero attached hydrogens (tertiary/aromatic N) is 1. The summed E-state index contributed by atoms with van der Waals surface area (Å²) in [4.78, 5) is 13.1. The molecular formula is C24H33BrN2O2. The van der Waals surface area contributed by atoms with Crippen LogP contribution >= 0.6 is 0 Å². The second-order valence-corrected chi connectivity index (χ2v) is 7.93. The summed E-state index contributed by atoms with van der Waals surface area (Å²) < 4.78 is 6.57. The Morgan fingerprint density at radius 3 is 2.34 bits per heavy atom. The monoisotopic (exact) mass is 460 g/mol. The quantitative estimate of drug-likeness (QED) is 0.641. The van der Waals surface area contributed by atoms with Gasteiger partial charge in [-0.05, 0) is 51.2 Å². The minimum Gasteiger partial charge on any atom is -1.00 e. The maximum Gasteiger partial charge on any atom is 0.279 e. The summed E-state index contributed by atoms with van der Waals surface area (Å²) in [6.07, 6.45) is 4.91. The van der Waals surface area contributed by atoms with E-state index in [1.54, 1.807) is 0 Å². The molecular weight excluding hydrogens is 428 g/mol. The van der Waals surface area contributed by atoms with Gasteiger partial charge < -0.3 is 31.5 Å². The zero-order valence-corrected chi connectivity index (χ0v) is 19.2. The van der Waals surface area contributed by atoms with E-state index < -0.39 is 0 Å². The number of anilines is 1. The number of carbonyl (C=O) groups excluding carboxylic acids is 1. The van der Waals surface area contributed by atoms with E-state index in [1.165, 1.54) is 31.2 Å². The van der Waals surface area contributed by atoms with Crippen molar-refractivity contribution in [2.75, 3.05) is 31.6 Å². The molecule has 1 heterocycles. The van der Waals surface area contributed by atoms with Gasteiger partial charge in [0.05, 0.1) is 25.4 Å². The van der Waals surface area contributed by atoms with Crippen molar-refractivity contribution >= 4 is 11.6 Å². The van der Waals surface area contributed by atoms with Gasteiger partial charge in [0, 0.05) is 5.56 Å². The first kappa shape index (κ1) is 23.4. The maximum absolute atomic E-state index is 13.1. The Hall–Kier alpha value is -1.85. The van der Waals surface area contributed by atoms with E-state index in [1.807, 2.05) is 32.0 Å². The van der Waals surface area contributed by atoms with Gasteiger partial charge in [-0.3, -0.25) is 4.79 Å². The molecule has 1 saturated heterocycles. The van der Waals surface area contributed by atoms with Crippen molar-refractivity contribution in [3.8, 4) is 5.75 Å². The van der Waals surface area contributed by atoms with E-state index in [0.29, 0.717) is 13.2 Å². The number of para-hydroxylation sites is 1. The second kappa shape index (κ2) is 11.4. The Morgan fingerprint density at radius 1 is 1.00 bits per heavy atom. The number of aryl methyl sites for hydroxylation is 1. The Labute approximate surface area is 185 Å². The predicted molar refractivity (Wildman–Crippen MR) is 114 cm³/mol. The molecule has 5 heteroatoms. The summed E-state index contributed by atoms with van der Waals surface area (Å²) in [5, 5.41) is 3.16. The smallest absolute Gasteiger partial charge is 0.279 e. The van der Waals surface area contributed by atoms with E-state index in [0.717, 1.165) is 41.1 Å². The third-order valence-corrected chi connectivity index (χ3v) is 5.65. The summed E-state index contributed by atoms with van der Waals surface area (Å²) in [6, 6.07) is 16.5. The van der Waals surface area contributed by atoms with Crippen molar-refractivity contribution in [3.63, 3.8) is 0 Å². The van der Waals surface area contributed by atoms with Crippen LogP contribution in [0.2, 0.25) is 0 Å². The van der Waals surface area contributed by atoms with Gasteiger partial charge in [-0.15, -0.1) is 0 Å². The topological polar surface area (TPSA) is 38.3 Å². The van der Waals surface area contributed by atoms with Crippen LogP contribution in [0.3, 0.4) is 0 Å². The maximum atomic E-state index is 13.1. The molecule has 1 fully saturated rings. The van der Waals surface area contributed by atoms with Crippen LogP contribution in [0.4, 0.5) is 5.69 Å². The van der Waals surface area contributed by atoms with Crippen molar-refractivity contribution in [2.45, 2.75) is 46.1 Å². The zero-order chi connectivity index (χ0) is 19.8. The number of amides is 1. The van der Waals surface area contributed by atoms with Gasteiger partial charge in [0.15, 0.2) is 6.54 Å². The van der Waals surface area contributed by atoms with Crippen LogP contribution < -0.4 is 27.0 Å². The van der Waals surface area contributed by atoms with Gasteiger partial charge >= 0.3 is 0 Å². The van der Waals surface area contributed by atoms with E-state index >= 15 is 0 Å². The standard InChI is InChI=1S/C24H32N2O2.BrH/c1-3-28-22-15-11-12-20(2)24(22)25-23(27)19-26(16-9-4-5-10-17-26)18-21-13-7-6-8-14-21;/h6-8,11-15H,3-5,9-10,16-19H2,1-2H3;1H. The lowest BCUT2D eigenvalue weighted by Crippen LogP contribution is -3.00. The summed E-state index contributed by atoms with van der Waals surface area (Å²) in [7, 11) is 0. The Kier molecular flexibility index (Phi) is 9.18. The van der Waals surface area contributed by atoms with Gasteiger partial charge in [-0.1, -0.05) is 42.5 Å². The number of rotatable bonds is 7. The fourth-order valence-corrected chi connectivity index (χ4v) is 4.26. The van der Waals surface area contributed by atoms with Crippen molar-refractivity contribution in [3.05, 3.63) is 59.7 Å². The zero-order valence-electron chi connectivity index (χ0n) is 17.6. The van der Waals surface area contributed by atoms with Crippen LogP contribution in [0.25, 0.3) is 0 Å². The molecule has 29 heavy (non-hydrogen) atoms. The SMILES string of the molecule is CCOc1cccc(C)c1NC(=O)C[N+]1(Cc2ccccc2)CCCCCC1.[Br-]. The molecule has 4 nitrogen and oxygen atoms in total. The molecule has 3 rings (SSSR count). The number of likely N-dealkylation sites (tertiary alicyclic amines) is 1. The molecule has 0 spiro atoms. The molecule has 0 aliphatic carbocycles. The first-order chi connectivity index (χ1) is 13.6. The number of quaternary nitrogens is 1. The summed E-state index contributed by atoms with van der Waals surface area (Å²) >= 11 is 0. The number of nitrogens with one attached hydrogen (secondary N) is 1. The van der Waals surface area contributed by atoms with Gasteiger partial charge in [0.25, 0.3) is 5.91 Å². The molecule has 0 bridgehead atoms. The Balaban J connectivity index is 0.00000300. The Morgan fingerprint density at radius 2 is 1.69 bits per heavy atom. The third kappa shape index (κ3) is 6.58. The minimum absolute atomic E-state index is 0. The van der Waals surface area contributed by atoms with Crippen molar-refractivity contribution in [2.24, 2.45) is 0 Å². The van der Waals surface area contributed by atoms with E-state index in [2.05, 4.69) is 35.6 Å². The molecule has 2 aromatic rings. The molecule has 1 aliphatic rings. The van der Waals surface area contributed by atoms with Crippen LogP contribution in [0.15, 0.2) is 48.5 Å². The number of hydrogen-bond acceptors (Lipinski definition) is 2. The number of halogens is 1. The first-order valence-electron chi connectivity index (χ1n) is 10.5. The van der Waals surface area contributed by atoms with Crippen LogP contribution in [0.5, 0.6) is 5.75 Å². The van der Waals surface area contributed by atoms with Crippen LogP contribution in [-0.2, 0) is 11.3 Å². The Bertz CT molecular complexity index is 772. The van der Waals surface area contributed by atoms with Crippen molar-refractivity contribution < 1.29 is 31.0 Å². The van der Waals surface area contributed by atoms with Crippen LogP contribution in [0.1, 0.15) is 43.7 Å². The van der Waals surface area contributed by atoms with Crippen molar-refractivity contribution in [1.29, 1.82) is 0 Å². The summed E-state index contributed by atoms with van der Waals surface area (Å²) in [5.74, 6) is 0.828. The molecule has 0 saturated carbocycles. The van der Waals surface area contributed by atoms with E-state index in [4.69, 9.17) is 4.74 Å². The molecule has 1 aliphatic heterocycles. The number of benzene rings is 2. The molecule has 0 aromatic heterocycles. The fourth-order valence-electron chi connectivity index (χ4n) is 4.26. The molecule has 0 radical (unpaired) electrons. The molecule has 1 amide bonds. The highest BCUT2D eigenvalue weighted by molar-refractivity contribution is 5.94. The molecule has 1 N–H and O–H groups in total. The average molecular weight is 461 g/mol. The predicted octanol–water partition coefficient (Wildman–Crippen LogP) is 1.93. The lowest BCUT2D eigenvalue weighted by molar-refractivity contribution is -0.932. The lowest BCUT2D eigenvalue weighted by Gasteiger charge is -2.37. The third-order valence-electron chi connectivity index (χ3n) is 5.65. The second-order valence-electron chi connectivity index (χ2n) is 7.93. The lowest BCUT2D eigenvalue weighted by atomic mass is 10.1. The molecule has 158 valence electrons. The number of hydrogen-bond donors (Lipinski definition) is 1. The van der Waals surface area contributed by atoms with Crippen LogP contribution in [0, 0.1) is 6.92 Å². The van der Waals surface area contributed by atoms with Gasteiger partial charge in [-0.25, -0.2) is 0 Å². The number of carbonyl (C=O) groups is 1. The van der Waals surface area contributed by atoms with Gasteiger partial charge in [0.1, 0.15) is 12.3 Å². The minimum atomic E-state index is 0. The van der Waals surface area contributed by atoms with Crippen molar-refractivity contribution in [1.82, 2.24) is 0 Å². The molecule has 2 aromatic carbocycles. The summed E-state index contributed by atoms with van der Waals surface area (Å²) in [5.41, 5.74) is 3.15. The van der Waals surface area contributed by atoms with E-state index in [9.17, 15) is 4.79 Å². The van der Waals surface area contributed by atoms with Gasteiger partial charge in [0.2, 0.25) is 0 Å². The highest BCUT2D eigenvalue weighted by Gasteiger charge is 2.32. The van der Waals surface area contributed by atoms with Gasteiger partial charge in [-0.2, -0.15) is 0 Å². The largest absolute Gasteiger partial charge is 1.00 e. The van der Waals surface area contributed by atoms with Crippen LogP contribution in [-0.4, -0.2) is 36.6 Å². The fraction of sp³-hybridized carbons (Fsp3) is 0.458.